The van der Waals surface area contributed by atoms with Crippen LogP contribution in [0.15, 0.2) is 66.1 Å². The molecule has 0 atom stereocenters. The van der Waals surface area contributed by atoms with Crippen LogP contribution in [0.2, 0.25) is 0 Å². The Balaban J connectivity index is 1.70. The second-order valence-corrected chi connectivity index (χ2v) is 6.75. The number of aryl methyl sites for hydroxylation is 1. The summed E-state index contributed by atoms with van der Waals surface area (Å²) < 4.78 is 26.3. The van der Waals surface area contributed by atoms with Gasteiger partial charge in [-0.25, -0.2) is 13.1 Å². The lowest BCUT2D eigenvalue weighted by Crippen LogP contribution is -2.22. The Morgan fingerprint density at radius 1 is 0.864 bits per heavy atom. The summed E-state index contributed by atoms with van der Waals surface area (Å²) in [5, 5.41) is 1.22. The van der Waals surface area contributed by atoms with E-state index in [0.29, 0.717) is 6.54 Å². The van der Waals surface area contributed by atoms with E-state index in [4.69, 9.17) is 0 Å². The maximum Gasteiger partial charge on any atom is 0.233 e. The third-order valence-corrected chi connectivity index (χ3v) is 4.38. The predicted octanol–water partition coefficient (Wildman–Crippen LogP) is 3.60. The van der Waals surface area contributed by atoms with Crippen LogP contribution in [0.5, 0.6) is 0 Å². The van der Waals surface area contributed by atoms with E-state index in [9.17, 15) is 8.42 Å². The lowest BCUT2D eigenvalue weighted by Gasteiger charge is -2.03. The van der Waals surface area contributed by atoms with E-state index >= 15 is 0 Å². The highest BCUT2D eigenvalue weighted by molar-refractivity contribution is 7.92. The van der Waals surface area contributed by atoms with Crippen molar-refractivity contribution in [1.29, 1.82) is 0 Å². The molecule has 0 saturated carbocycles. The Bertz CT molecular complexity index is 680. The number of rotatable bonds is 8. The van der Waals surface area contributed by atoms with Crippen LogP contribution in [0.1, 0.15) is 24.0 Å². The predicted molar refractivity (Wildman–Crippen MR) is 91.8 cm³/mol. The third kappa shape index (κ3) is 6.24. The molecule has 0 saturated heterocycles. The number of hydrogen-bond acceptors (Lipinski definition) is 2. The Kier molecular flexibility index (Phi) is 6.37. The first-order chi connectivity index (χ1) is 10.7. The van der Waals surface area contributed by atoms with Gasteiger partial charge in [0.05, 0.1) is 0 Å². The number of unbranched alkanes of at least 4 members (excludes halogenated alkanes) is 1. The minimum atomic E-state index is -3.36. The molecule has 0 amide bonds. The van der Waals surface area contributed by atoms with Crippen LogP contribution in [0.3, 0.4) is 0 Å². The Hall–Kier alpha value is -1.91. The molecule has 0 aliphatic rings. The summed E-state index contributed by atoms with van der Waals surface area (Å²) in [6.07, 6.45) is 4.37. The van der Waals surface area contributed by atoms with Gasteiger partial charge < -0.3 is 0 Å². The van der Waals surface area contributed by atoms with Crippen molar-refractivity contribution in [3.05, 3.63) is 77.2 Å². The van der Waals surface area contributed by atoms with Gasteiger partial charge in [-0.15, -0.1) is 0 Å². The lowest BCUT2D eigenvalue weighted by molar-refractivity contribution is 0.586. The molecule has 3 nitrogen and oxygen atoms in total. The lowest BCUT2D eigenvalue weighted by atomic mass is 10.1. The molecular weight excluding hydrogens is 294 g/mol. The minimum Gasteiger partial charge on any atom is -0.212 e. The van der Waals surface area contributed by atoms with Gasteiger partial charge >= 0.3 is 0 Å². The minimum absolute atomic E-state index is 0.467. The average molecular weight is 315 g/mol. The zero-order chi connectivity index (χ0) is 15.7. The maximum atomic E-state index is 11.8. The molecule has 0 aliphatic carbocycles. The molecule has 0 radical (unpaired) electrons. The number of nitrogens with one attached hydrogen (secondary N) is 1. The topological polar surface area (TPSA) is 46.2 Å². The zero-order valence-corrected chi connectivity index (χ0v) is 13.3. The fourth-order valence-electron chi connectivity index (χ4n) is 2.09. The van der Waals surface area contributed by atoms with E-state index in [1.165, 1.54) is 11.0 Å². The van der Waals surface area contributed by atoms with Gasteiger partial charge in [0.1, 0.15) is 0 Å². The summed E-state index contributed by atoms with van der Waals surface area (Å²) in [5.74, 6) is 0. The average Bonchev–Trinajstić information content (AvgIpc) is 2.55. The zero-order valence-electron chi connectivity index (χ0n) is 12.5. The molecule has 4 heteroatoms. The number of sulfonamides is 1. The van der Waals surface area contributed by atoms with Gasteiger partial charge in [0.15, 0.2) is 0 Å². The van der Waals surface area contributed by atoms with Crippen molar-refractivity contribution in [3.63, 3.8) is 0 Å². The summed E-state index contributed by atoms with van der Waals surface area (Å²) in [6.45, 7) is 0.467. The van der Waals surface area contributed by atoms with Crippen molar-refractivity contribution in [2.75, 3.05) is 6.54 Å². The van der Waals surface area contributed by atoms with Crippen molar-refractivity contribution in [2.24, 2.45) is 0 Å². The standard InChI is InChI=1S/C18H21NO2S/c20-22(21,16-14-18-11-5-2-6-12-18)19-15-8-7-13-17-9-3-1-4-10-17/h1-6,9-12,14,16,19H,7-8,13,15H2/b16-14+. The van der Waals surface area contributed by atoms with Crippen molar-refractivity contribution in [2.45, 2.75) is 19.3 Å². The summed E-state index contributed by atoms with van der Waals surface area (Å²) in [7, 11) is -3.36. The molecule has 0 heterocycles. The van der Waals surface area contributed by atoms with Crippen LogP contribution >= 0.6 is 0 Å². The van der Waals surface area contributed by atoms with Crippen LogP contribution < -0.4 is 4.72 Å². The van der Waals surface area contributed by atoms with Crippen molar-refractivity contribution in [1.82, 2.24) is 4.72 Å². The molecule has 2 aromatic carbocycles. The second-order valence-electron chi connectivity index (χ2n) is 5.10. The largest absolute Gasteiger partial charge is 0.233 e. The summed E-state index contributed by atoms with van der Waals surface area (Å²) in [6, 6.07) is 19.6. The molecule has 0 fully saturated rings. The van der Waals surface area contributed by atoms with Crippen molar-refractivity contribution >= 4 is 16.1 Å². The highest BCUT2D eigenvalue weighted by atomic mass is 32.2. The van der Waals surface area contributed by atoms with E-state index in [0.717, 1.165) is 24.8 Å². The van der Waals surface area contributed by atoms with Gasteiger partial charge in [-0.3, -0.25) is 0 Å². The van der Waals surface area contributed by atoms with E-state index < -0.39 is 10.0 Å². The molecular formula is C18H21NO2S. The van der Waals surface area contributed by atoms with E-state index in [1.54, 1.807) is 6.08 Å². The molecule has 22 heavy (non-hydrogen) atoms. The van der Waals surface area contributed by atoms with Crippen molar-refractivity contribution in [3.8, 4) is 0 Å². The third-order valence-electron chi connectivity index (χ3n) is 3.28. The second kappa shape index (κ2) is 8.51. The Morgan fingerprint density at radius 3 is 2.18 bits per heavy atom. The fourth-order valence-corrected chi connectivity index (χ4v) is 2.96. The highest BCUT2D eigenvalue weighted by Crippen LogP contribution is 2.05. The van der Waals surface area contributed by atoms with E-state index in [-0.39, 0.29) is 0 Å². The quantitative estimate of drug-likeness (QED) is 0.757. The summed E-state index contributed by atoms with van der Waals surface area (Å²) in [5.41, 5.74) is 2.16. The molecule has 0 unspecified atom stereocenters. The SMILES string of the molecule is O=S(=O)(/C=C/c1ccccc1)NCCCCc1ccccc1. The van der Waals surface area contributed by atoms with Crippen LogP contribution in [-0.2, 0) is 16.4 Å². The van der Waals surface area contributed by atoms with Gasteiger partial charge in [0, 0.05) is 12.0 Å². The van der Waals surface area contributed by atoms with Crippen molar-refractivity contribution < 1.29 is 8.42 Å². The molecule has 0 spiro atoms. The molecule has 2 aromatic rings. The highest BCUT2D eigenvalue weighted by Gasteiger charge is 2.03. The van der Waals surface area contributed by atoms with Gasteiger partial charge in [-0.2, -0.15) is 0 Å². The van der Waals surface area contributed by atoms with Gasteiger partial charge in [-0.1, -0.05) is 60.7 Å². The van der Waals surface area contributed by atoms with Gasteiger partial charge in [0.2, 0.25) is 10.0 Å². The van der Waals surface area contributed by atoms with Crippen LogP contribution in [0.4, 0.5) is 0 Å². The van der Waals surface area contributed by atoms with Gasteiger partial charge in [0.25, 0.3) is 0 Å². The van der Waals surface area contributed by atoms with Crippen LogP contribution in [-0.4, -0.2) is 15.0 Å². The first kappa shape index (κ1) is 16.5. The first-order valence-electron chi connectivity index (χ1n) is 7.42. The molecule has 0 aromatic heterocycles. The first-order valence-corrected chi connectivity index (χ1v) is 8.97. The van der Waals surface area contributed by atoms with Crippen LogP contribution in [0.25, 0.3) is 6.08 Å². The molecule has 1 N–H and O–H groups in total. The smallest absolute Gasteiger partial charge is 0.212 e. The van der Waals surface area contributed by atoms with Crippen LogP contribution in [0, 0.1) is 0 Å². The van der Waals surface area contributed by atoms with E-state index in [1.807, 2.05) is 48.5 Å². The number of hydrogen-bond donors (Lipinski definition) is 1. The Labute approximate surface area is 132 Å². The number of benzene rings is 2. The Morgan fingerprint density at radius 2 is 1.50 bits per heavy atom. The van der Waals surface area contributed by atoms with E-state index in [2.05, 4.69) is 16.9 Å². The summed E-state index contributed by atoms with van der Waals surface area (Å²) >= 11 is 0. The normalized spacial score (nSPS) is 11.8. The fraction of sp³-hybridized carbons (Fsp3) is 0.222. The molecule has 2 rings (SSSR count). The maximum absolute atomic E-state index is 11.8. The monoisotopic (exact) mass is 315 g/mol. The summed E-state index contributed by atoms with van der Waals surface area (Å²) in [4.78, 5) is 0. The molecule has 0 aliphatic heterocycles. The molecule has 0 bridgehead atoms. The van der Waals surface area contributed by atoms with Gasteiger partial charge in [-0.05, 0) is 36.5 Å². The molecule has 116 valence electrons.